The molecule has 0 atom stereocenters. The smallest absolute Gasteiger partial charge is 0.116 e. The first-order valence-corrected chi connectivity index (χ1v) is 10.6. The maximum absolute atomic E-state index is 4.62. The second kappa shape index (κ2) is 7.61. The number of benzene rings is 1. The zero-order chi connectivity index (χ0) is 20.5. The maximum atomic E-state index is 4.62. The van der Waals surface area contributed by atoms with Crippen LogP contribution in [0.1, 0.15) is 16.1 Å². The zero-order valence-corrected chi connectivity index (χ0v) is 17.3. The van der Waals surface area contributed by atoms with Gasteiger partial charge in [-0.1, -0.05) is 30.9 Å². The molecule has 0 aliphatic rings. The van der Waals surface area contributed by atoms with Crippen molar-refractivity contribution in [3.8, 4) is 22.5 Å². The number of hydrogen-bond acceptors (Lipinski definition) is 3. The van der Waals surface area contributed by atoms with Crippen molar-refractivity contribution in [2.75, 3.05) is 0 Å². The third-order valence-corrected chi connectivity index (χ3v) is 6.11. The topological polar surface area (TPSA) is 57.4 Å². The van der Waals surface area contributed by atoms with Gasteiger partial charge in [0.1, 0.15) is 5.69 Å². The van der Waals surface area contributed by atoms with Gasteiger partial charge in [-0.25, -0.2) is 0 Å². The van der Waals surface area contributed by atoms with E-state index in [4.69, 9.17) is 0 Å². The number of fused-ring (bicyclic) bond motifs is 1. The van der Waals surface area contributed by atoms with Crippen LogP contribution in [0.15, 0.2) is 85.0 Å². The summed E-state index contributed by atoms with van der Waals surface area (Å²) in [5.74, 6) is 0. The standard InChI is InChI=1S/C25H20N4S/c1-3-5-19(24-6-4-13-30-24)20-15-23(27-16(20)2)25-21-14-18(7-8-22(21)28-29-25)17-9-11-26-12-10-17/h3-15,27H,1H2,2H3,(H,28,29)/b19-5+. The van der Waals surface area contributed by atoms with Crippen molar-refractivity contribution in [1.82, 2.24) is 20.2 Å². The molecule has 0 radical (unpaired) electrons. The molecule has 0 spiro atoms. The van der Waals surface area contributed by atoms with Crippen LogP contribution in [-0.2, 0) is 0 Å². The molecule has 5 heteroatoms. The number of allylic oxidation sites excluding steroid dienone is 2. The highest BCUT2D eigenvalue weighted by Gasteiger charge is 2.16. The van der Waals surface area contributed by atoms with E-state index in [-0.39, 0.29) is 0 Å². The Morgan fingerprint density at radius 2 is 1.93 bits per heavy atom. The predicted octanol–water partition coefficient (Wildman–Crippen LogP) is 6.61. The molecule has 5 aromatic rings. The Labute approximate surface area is 178 Å². The fourth-order valence-electron chi connectivity index (χ4n) is 3.76. The summed E-state index contributed by atoms with van der Waals surface area (Å²) in [6.07, 6.45) is 7.53. The van der Waals surface area contributed by atoms with E-state index in [0.717, 1.165) is 50.2 Å². The van der Waals surface area contributed by atoms with Crippen LogP contribution in [0, 0.1) is 6.92 Å². The third kappa shape index (κ3) is 3.19. The highest BCUT2D eigenvalue weighted by atomic mass is 32.1. The first-order valence-electron chi connectivity index (χ1n) is 9.70. The molecular weight excluding hydrogens is 388 g/mol. The van der Waals surface area contributed by atoms with Crippen LogP contribution in [-0.4, -0.2) is 20.2 Å². The summed E-state index contributed by atoms with van der Waals surface area (Å²) in [6, 6.07) is 16.8. The van der Waals surface area contributed by atoms with Gasteiger partial charge in [-0.15, -0.1) is 11.3 Å². The number of aromatic nitrogens is 4. The Morgan fingerprint density at radius 1 is 1.07 bits per heavy atom. The van der Waals surface area contributed by atoms with Crippen molar-refractivity contribution < 1.29 is 0 Å². The molecule has 30 heavy (non-hydrogen) atoms. The van der Waals surface area contributed by atoms with Crippen LogP contribution in [0.2, 0.25) is 0 Å². The monoisotopic (exact) mass is 408 g/mol. The average Bonchev–Trinajstić information content (AvgIpc) is 3.52. The van der Waals surface area contributed by atoms with Gasteiger partial charge in [0.05, 0.1) is 11.2 Å². The largest absolute Gasteiger partial charge is 0.357 e. The van der Waals surface area contributed by atoms with Gasteiger partial charge >= 0.3 is 0 Å². The van der Waals surface area contributed by atoms with E-state index in [1.165, 1.54) is 4.88 Å². The lowest BCUT2D eigenvalue weighted by Crippen LogP contribution is -1.85. The molecule has 4 aromatic heterocycles. The number of H-pyrrole nitrogens is 2. The lowest BCUT2D eigenvalue weighted by Gasteiger charge is -2.03. The zero-order valence-electron chi connectivity index (χ0n) is 16.5. The summed E-state index contributed by atoms with van der Waals surface area (Å²) >= 11 is 1.73. The van der Waals surface area contributed by atoms with E-state index in [9.17, 15) is 0 Å². The van der Waals surface area contributed by atoms with Crippen LogP contribution < -0.4 is 0 Å². The fraction of sp³-hybridized carbons (Fsp3) is 0.0400. The molecule has 0 aliphatic carbocycles. The van der Waals surface area contributed by atoms with Crippen molar-refractivity contribution in [2.45, 2.75) is 6.92 Å². The molecule has 0 fully saturated rings. The van der Waals surface area contributed by atoms with Gasteiger partial charge in [-0.3, -0.25) is 10.1 Å². The number of pyridine rings is 1. The van der Waals surface area contributed by atoms with Gasteiger partial charge in [0.25, 0.3) is 0 Å². The predicted molar refractivity (Wildman–Crippen MR) is 125 cm³/mol. The molecule has 1 aromatic carbocycles. The second-order valence-corrected chi connectivity index (χ2v) is 8.03. The fourth-order valence-corrected chi connectivity index (χ4v) is 4.53. The van der Waals surface area contributed by atoms with Crippen LogP contribution in [0.4, 0.5) is 0 Å². The van der Waals surface area contributed by atoms with E-state index in [1.54, 1.807) is 11.3 Å². The van der Waals surface area contributed by atoms with E-state index in [2.05, 4.69) is 81.5 Å². The molecule has 0 saturated carbocycles. The summed E-state index contributed by atoms with van der Waals surface area (Å²) < 4.78 is 0. The molecule has 146 valence electrons. The Balaban J connectivity index is 1.62. The van der Waals surface area contributed by atoms with Crippen LogP contribution in [0.25, 0.3) is 39.0 Å². The van der Waals surface area contributed by atoms with E-state index >= 15 is 0 Å². The van der Waals surface area contributed by atoms with Gasteiger partial charge < -0.3 is 4.98 Å². The summed E-state index contributed by atoms with van der Waals surface area (Å²) in [7, 11) is 0. The summed E-state index contributed by atoms with van der Waals surface area (Å²) in [5.41, 5.74) is 8.63. The number of nitrogens with zero attached hydrogens (tertiary/aromatic N) is 2. The number of rotatable bonds is 5. The normalized spacial score (nSPS) is 11.8. The summed E-state index contributed by atoms with van der Waals surface area (Å²) in [6.45, 7) is 6.00. The van der Waals surface area contributed by atoms with Crippen molar-refractivity contribution in [3.05, 3.63) is 101 Å². The van der Waals surface area contributed by atoms with Gasteiger partial charge in [-0.2, -0.15) is 5.10 Å². The molecule has 2 N–H and O–H groups in total. The number of hydrogen-bond donors (Lipinski definition) is 2. The maximum Gasteiger partial charge on any atom is 0.116 e. The van der Waals surface area contributed by atoms with Gasteiger partial charge in [0, 0.05) is 39.5 Å². The minimum atomic E-state index is 0.916. The molecule has 5 rings (SSSR count). The van der Waals surface area contributed by atoms with Crippen molar-refractivity contribution in [1.29, 1.82) is 0 Å². The molecule has 0 saturated heterocycles. The number of aromatic amines is 2. The Morgan fingerprint density at radius 3 is 2.70 bits per heavy atom. The quantitative estimate of drug-likeness (QED) is 0.322. The number of aryl methyl sites for hydroxylation is 1. The Bertz CT molecular complexity index is 1360. The second-order valence-electron chi connectivity index (χ2n) is 7.08. The van der Waals surface area contributed by atoms with E-state index < -0.39 is 0 Å². The molecule has 0 bridgehead atoms. The van der Waals surface area contributed by atoms with Crippen molar-refractivity contribution in [3.63, 3.8) is 0 Å². The average molecular weight is 409 g/mol. The SMILES string of the molecule is C=C/C=C(/c1cccs1)c1cc(-c2n[nH]c3ccc(-c4ccncc4)cc23)[nH]c1C. The molecule has 4 heterocycles. The van der Waals surface area contributed by atoms with Crippen molar-refractivity contribution >= 4 is 27.8 Å². The van der Waals surface area contributed by atoms with Crippen LogP contribution in [0.3, 0.4) is 0 Å². The Hall–Kier alpha value is -3.70. The molecule has 0 unspecified atom stereocenters. The highest BCUT2D eigenvalue weighted by molar-refractivity contribution is 7.11. The molecule has 0 aliphatic heterocycles. The highest BCUT2D eigenvalue weighted by Crippen LogP contribution is 2.35. The van der Waals surface area contributed by atoms with Gasteiger partial charge in [0.2, 0.25) is 0 Å². The van der Waals surface area contributed by atoms with Crippen LogP contribution in [0.5, 0.6) is 0 Å². The number of thiophene rings is 1. The summed E-state index contributed by atoms with van der Waals surface area (Å²) in [5, 5.41) is 11.0. The van der Waals surface area contributed by atoms with Gasteiger partial charge in [-0.05, 0) is 59.8 Å². The first kappa shape index (κ1) is 18.3. The van der Waals surface area contributed by atoms with E-state index in [0.29, 0.717) is 0 Å². The Kier molecular flexibility index (Phi) is 4.65. The minimum absolute atomic E-state index is 0.916. The lowest BCUT2D eigenvalue weighted by atomic mass is 10.0. The van der Waals surface area contributed by atoms with E-state index in [1.807, 2.05) is 30.6 Å². The molecule has 0 amide bonds. The molecule has 4 nitrogen and oxygen atoms in total. The lowest BCUT2D eigenvalue weighted by molar-refractivity contribution is 1.11. The van der Waals surface area contributed by atoms with Crippen LogP contribution >= 0.6 is 11.3 Å². The minimum Gasteiger partial charge on any atom is -0.357 e. The third-order valence-electron chi connectivity index (χ3n) is 5.21. The number of nitrogens with one attached hydrogen (secondary N) is 2. The van der Waals surface area contributed by atoms with Gasteiger partial charge in [0.15, 0.2) is 0 Å². The molecular formula is C25H20N4S. The first-order chi connectivity index (χ1) is 14.7. The summed E-state index contributed by atoms with van der Waals surface area (Å²) in [4.78, 5) is 8.87. The van der Waals surface area contributed by atoms with Crippen molar-refractivity contribution in [2.24, 2.45) is 0 Å².